The van der Waals surface area contributed by atoms with Crippen LogP contribution in [0.2, 0.25) is 5.02 Å². The van der Waals surface area contributed by atoms with Crippen LogP contribution in [0, 0.1) is 0 Å². The summed E-state index contributed by atoms with van der Waals surface area (Å²) >= 11 is 6.06. The first-order valence-corrected chi connectivity index (χ1v) is 10.2. The third kappa shape index (κ3) is 3.51. The summed E-state index contributed by atoms with van der Waals surface area (Å²) in [6.07, 6.45) is 0.769. The molecule has 0 N–H and O–H groups in total. The molecule has 148 valence electrons. The van der Waals surface area contributed by atoms with Crippen molar-refractivity contribution in [1.82, 2.24) is 9.78 Å². The summed E-state index contributed by atoms with van der Waals surface area (Å²) in [5, 5.41) is 5.62. The van der Waals surface area contributed by atoms with Crippen molar-refractivity contribution in [2.24, 2.45) is 4.99 Å². The van der Waals surface area contributed by atoms with Crippen LogP contribution in [0.4, 0.5) is 5.82 Å². The quantitative estimate of drug-likeness (QED) is 0.392. The summed E-state index contributed by atoms with van der Waals surface area (Å²) in [4.78, 5) is 4.96. The molecule has 4 nitrogen and oxygen atoms in total. The summed E-state index contributed by atoms with van der Waals surface area (Å²) in [6, 6.07) is 28.4. The van der Waals surface area contributed by atoms with Gasteiger partial charge in [0.15, 0.2) is 5.82 Å². The lowest BCUT2D eigenvalue weighted by Gasteiger charge is -2.25. The molecule has 0 fully saturated rings. The van der Waals surface area contributed by atoms with E-state index in [0.717, 1.165) is 40.5 Å². The Hall–Kier alpha value is -3.37. The fourth-order valence-corrected chi connectivity index (χ4v) is 3.94. The number of aliphatic imine (C=N–C) groups is 1. The van der Waals surface area contributed by atoms with Crippen molar-refractivity contribution >= 4 is 23.1 Å². The van der Waals surface area contributed by atoms with E-state index in [0.29, 0.717) is 5.02 Å². The smallest absolute Gasteiger partial charge is 0.151 e. The van der Waals surface area contributed by atoms with Crippen molar-refractivity contribution in [1.29, 1.82) is 0 Å². The molecule has 0 spiro atoms. The lowest BCUT2D eigenvalue weighted by molar-refractivity contribution is 0.415. The molecule has 0 radical (unpaired) electrons. The number of nitrogens with zero attached hydrogens (tertiary/aromatic N) is 3. The first kappa shape index (κ1) is 18.6. The van der Waals surface area contributed by atoms with E-state index in [4.69, 9.17) is 26.4 Å². The molecule has 0 saturated heterocycles. The summed E-state index contributed by atoms with van der Waals surface area (Å²) in [5.41, 5.74) is 5.26. The van der Waals surface area contributed by atoms with Gasteiger partial charge in [0.05, 0.1) is 24.6 Å². The molecule has 1 aliphatic heterocycles. The van der Waals surface area contributed by atoms with Gasteiger partial charge in [-0.2, -0.15) is 5.10 Å². The first-order valence-electron chi connectivity index (χ1n) is 9.84. The number of hydrogen-bond donors (Lipinski definition) is 0. The Labute approximate surface area is 180 Å². The van der Waals surface area contributed by atoms with Gasteiger partial charge in [0.25, 0.3) is 0 Å². The van der Waals surface area contributed by atoms with Crippen molar-refractivity contribution in [3.8, 4) is 17.0 Å². The molecule has 0 saturated carbocycles. The van der Waals surface area contributed by atoms with Crippen molar-refractivity contribution in [2.45, 2.75) is 12.5 Å². The maximum Gasteiger partial charge on any atom is 0.151 e. The van der Waals surface area contributed by atoms with Crippen molar-refractivity contribution in [3.63, 3.8) is 0 Å². The summed E-state index contributed by atoms with van der Waals surface area (Å²) in [7, 11) is 1.68. The first-order chi connectivity index (χ1) is 14.7. The number of methoxy groups -OCH3 is 1. The van der Waals surface area contributed by atoms with E-state index in [1.54, 1.807) is 7.11 Å². The highest BCUT2D eigenvalue weighted by molar-refractivity contribution is 6.30. The number of hydrogen-bond acceptors (Lipinski definition) is 3. The zero-order valence-electron chi connectivity index (χ0n) is 16.5. The number of halogens is 1. The van der Waals surface area contributed by atoms with Gasteiger partial charge < -0.3 is 4.74 Å². The van der Waals surface area contributed by atoms with E-state index >= 15 is 0 Å². The molecule has 1 aromatic heterocycles. The molecular formula is C25H20ClN3O. The fourth-order valence-electron chi connectivity index (χ4n) is 3.81. The van der Waals surface area contributed by atoms with Gasteiger partial charge in [-0.3, -0.25) is 0 Å². The Morgan fingerprint density at radius 2 is 1.60 bits per heavy atom. The monoisotopic (exact) mass is 413 g/mol. The number of fused-ring (bicyclic) bond motifs is 1. The van der Waals surface area contributed by atoms with E-state index in [9.17, 15) is 0 Å². The van der Waals surface area contributed by atoms with Crippen LogP contribution in [-0.2, 0) is 0 Å². The van der Waals surface area contributed by atoms with Crippen LogP contribution in [0.5, 0.6) is 5.75 Å². The number of rotatable bonds is 4. The topological polar surface area (TPSA) is 39.4 Å². The van der Waals surface area contributed by atoms with Crippen molar-refractivity contribution in [3.05, 3.63) is 101 Å². The van der Waals surface area contributed by atoms with Crippen LogP contribution < -0.4 is 4.74 Å². The van der Waals surface area contributed by atoms with Gasteiger partial charge >= 0.3 is 0 Å². The SMILES string of the molecule is COc1ccc(C2=Nc3cc(-c4ccc(Cl)cc4)nn3C(c3ccccc3)C2)cc1. The molecule has 4 aromatic rings. The predicted molar refractivity (Wildman–Crippen MR) is 121 cm³/mol. The molecule has 1 atom stereocenters. The maximum absolute atomic E-state index is 6.06. The fraction of sp³-hybridized carbons (Fsp3) is 0.120. The normalized spacial score (nSPS) is 15.4. The highest BCUT2D eigenvalue weighted by Crippen LogP contribution is 2.36. The Balaban J connectivity index is 1.61. The molecule has 3 aromatic carbocycles. The predicted octanol–water partition coefficient (Wildman–Crippen LogP) is 6.33. The Morgan fingerprint density at radius 3 is 2.30 bits per heavy atom. The van der Waals surface area contributed by atoms with Gasteiger partial charge in [-0.15, -0.1) is 0 Å². The van der Waals surface area contributed by atoms with Crippen LogP contribution in [0.1, 0.15) is 23.6 Å². The standard InChI is InChI=1S/C25H20ClN3O/c1-30-21-13-9-17(10-14-21)22-15-24(19-5-3-2-4-6-19)29-25(27-22)16-23(28-29)18-7-11-20(26)12-8-18/h2-14,16,24H,15H2,1H3. The van der Waals surface area contributed by atoms with Crippen LogP contribution >= 0.6 is 11.6 Å². The third-order valence-corrected chi connectivity index (χ3v) is 5.65. The molecule has 1 aliphatic rings. The van der Waals surface area contributed by atoms with Crippen molar-refractivity contribution in [2.75, 3.05) is 7.11 Å². The largest absolute Gasteiger partial charge is 0.497 e. The second kappa shape index (κ2) is 7.81. The van der Waals surface area contributed by atoms with Crippen LogP contribution in [-0.4, -0.2) is 22.6 Å². The minimum atomic E-state index is 0.0804. The molecule has 5 heteroatoms. The molecule has 1 unspecified atom stereocenters. The summed E-state index contributed by atoms with van der Waals surface area (Å²) < 4.78 is 7.33. The molecule has 2 heterocycles. The average molecular weight is 414 g/mol. The highest BCUT2D eigenvalue weighted by atomic mass is 35.5. The minimum absolute atomic E-state index is 0.0804. The van der Waals surface area contributed by atoms with Crippen LogP contribution in [0.25, 0.3) is 11.3 Å². The van der Waals surface area contributed by atoms with E-state index in [1.807, 2.05) is 53.2 Å². The highest BCUT2D eigenvalue weighted by Gasteiger charge is 2.26. The van der Waals surface area contributed by atoms with Gasteiger partial charge in [0.2, 0.25) is 0 Å². The zero-order valence-corrected chi connectivity index (χ0v) is 17.3. The van der Waals surface area contributed by atoms with Gasteiger partial charge in [0, 0.05) is 23.1 Å². The number of benzene rings is 3. The summed E-state index contributed by atoms with van der Waals surface area (Å²) in [5.74, 6) is 1.69. The Kier molecular flexibility index (Phi) is 4.85. The molecular weight excluding hydrogens is 394 g/mol. The Bertz CT molecular complexity index is 1200. The number of aromatic nitrogens is 2. The average Bonchev–Trinajstić information content (AvgIpc) is 3.24. The second-order valence-corrected chi connectivity index (χ2v) is 7.69. The molecule has 0 aliphatic carbocycles. The molecule has 0 amide bonds. The third-order valence-electron chi connectivity index (χ3n) is 5.40. The lowest BCUT2D eigenvalue weighted by atomic mass is 9.96. The van der Waals surface area contributed by atoms with Gasteiger partial charge in [-0.05, 0) is 47.5 Å². The van der Waals surface area contributed by atoms with E-state index in [2.05, 4.69) is 36.4 Å². The van der Waals surface area contributed by atoms with Gasteiger partial charge in [0.1, 0.15) is 5.75 Å². The maximum atomic E-state index is 6.06. The van der Waals surface area contributed by atoms with Gasteiger partial charge in [-0.1, -0.05) is 54.1 Å². The zero-order chi connectivity index (χ0) is 20.5. The van der Waals surface area contributed by atoms with Gasteiger partial charge in [-0.25, -0.2) is 9.67 Å². The summed E-state index contributed by atoms with van der Waals surface area (Å²) in [6.45, 7) is 0. The molecule has 5 rings (SSSR count). The van der Waals surface area contributed by atoms with E-state index in [1.165, 1.54) is 5.56 Å². The lowest BCUT2D eigenvalue weighted by Crippen LogP contribution is -2.21. The molecule has 30 heavy (non-hydrogen) atoms. The number of ether oxygens (including phenoxy) is 1. The van der Waals surface area contributed by atoms with E-state index in [-0.39, 0.29) is 6.04 Å². The van der Waals surface area contributed by atoms with E-state index < -0.39 is 0 Å². The molecule has 0 bridgehead atoms. The minimum Gasteiger partial charge on any atom is -0.497 e. The van der Waals surface area contributed by atoms with Crippen LogP contribution in [0.3, 0.4) is 0 Å². The van der Waals surface area contributed by atoms with Crippen LogP contribution in [0.15, 0.2) is 89.9 Å². The second-order valence-electron chi connectivity index (χ2n) is 7.26. The van der Waals surface area contributed by atoms with Crippen molar-refractivity contribution < 1.29 is 4.74 Å². The Morgan fingerprint density at radius 1 is 0.900 bits per heavy atom.